The fourth-order valence-electron chi connectivity index (χ4n) is 2.72. The van der Waals surface area contributed by atoms with Crippen molar-refractivity contribution < 1.29 is 4.74 Å². The second-order valence-electron chi connectivity index (χ2n) is 5.36. The quantitative estimate of drug-likeness (QED) is 0.724. The highest BCUT2D eigenvalue weighted by Crippen LogP contribution is 2.37. The van der Waals surface area contributed by atoms with Crippen molar-refractivity contribution in [3.8, 4) is 11.8 Å². The van der Waals surface area contributed by atoms with E-state index in [9.17, 15) is 5.26 Å². The first-order valence-corrected chi connectivity index (χ1v) is 7.83. The van der Waals surface area contributed by atoms with Gasteiger partial charge in [-0.05, 0) is 37.1 Å². The molecule has 2 rings (SSSR count). The smallest absolute Gasteiger partial charge is 0.119 e. The van der Waals surface area contributed by atoms with Gasteiger partial charge in [0.1, 0.15) is 5.75 Å². The summed E-state index contributed by atoms with van der Waals surface area (Å²) < 4.78 is 6.81. The minimum absolute atomic E-state index is 0.147. The molecule has 1 fully saturated rings. The number of hydrogen-bond acceptors (Lipinski definition) is 2. The molecule has 0 aromatic heterocycles. The van der Waals surface area contributed by atoms with Crippen LogP contribution in [0.4, 0.5) is 0 Å². The normalized spacial score (nSPS) is 18.3. The van der Waals surface area contributed by atoms with E-state index >= 15 is 0 Å². The topological polar surface area (TPSA) is 33.0 Å². The predicted octanol–water partition coefficient (Wildman–Crippen LogP) is 5.08. The Morgan fingerprint density at radius 2 is 1.74 bits per heavy atom. The van der Waals surface area contributed by atoms with Crippen LogP contribution in [0.2, 0.25) is 0 Å². The van der Waals surface area contributed by atoms with Crippen LogP contribution < -0.4 is 4.74 Å². The van der Waals surface area contributed by atoms with E-state index in [0.717, 1.165) is 29.5 Å². The molecule has 3 heteroatoms. The summed E-state index contributed by atoms with van der Waals surface area (Å²) >= 11 is 3.41. The maximum absolute atomic E-state index is 9.49. The molecule has 1 saturated carbocycles. The van der Waals surface area contributed by atoms with Crippen LogP contribution in [0.5, 0.6) is 5.75 Å². The van der Waals surface area contributed by atoms with Crippen molar-refractivity contribution in [2.45, 2.75) is 44.9 Å². The van der Waals surface area contributed by atoms with Crippen molar-refractivity contribution in [3.05, 3.63) is 28.7 Å². The summed E-state index contributed by atoms with van der Waals surface area (Å²) in [6.07, 6.45) is 7.84. The van der Waals surface area contributed by atoms with Crippen LogP contribution >= 0.6 is 15.9 Å². The molecule has 1 aliphatic rings. The third kappa shape index (κ3) is 4.24. The summed E-state index contributed by atoms with van der Waals surface area (Å²) in [6, 6.07) is 10.4. The Bertz CT molecular complexity index is 427. The van der Waals surface area contributed by atoms with Gasteiger partial charge < -0.3 is 4.74 Å². The molecular formula is C16H20BrNO. The van der Waals surface area contributed by atoms with Gasteiger partial charge >= 0.3 is 0 Å². The summed E-state index contributed by atoms with van der Waals surface area (Å²) in [5.41, 5.74) is -0.147. The van der Waals surface area contributed by atoms with E-state index < -0.39 is 0 Å². The van der Waals surface area contributed by atoms with Gasteiger partial charge in [-0.15, -0.1) is 0 Å². The van der Waals surface area contributed by atoms with Crippen LogP contribution in [0.3, 0.4) is 0 Å². The highest BCUT2D eigenvalue weighted by Gasteiger charge is 2.30. The van der Waals surface area contributed by atoms with Crippen LogP contribution in [0.25, 0.3) is 0 Å². The average Bonchev–Trinajstić information content (AvgIpc) is 2.67. The zero-order chi connectivity index (χ0) is 13.6. The number of ether oxygens (including phenoxy) is 1. The maximum atomic E-state index is 9.49. The first-order valence-electron chi connectivity index (χ1n) is 7.04. The minimum atomic E-state index is -0.147. The lowest BCUT2D eigenvalue weighted by Crippen LogP contribution is -2.21. The van der Waals surface area contributed by atoms with Crippen molar-refractivity contribution in [2.75, 3.05) is 6.61 Å². The SMILES string of the molecule is N#CC1(CCOc2ccc(Br)cc2)CCCCCC1. The number of nitriles is 1. The van der Waals surface area contributed by atoms with Gasteiger partial charge in [-0.25, -0.2) is 0 Å². The standard InChI is InChI=1S/C16H20BrNO/c17-14-5-7-15(8-6-14)19-12-11-16(13-18)9-3-1-2-4-10-16/h5-8H,1-4,9-12H2. The fraction of sp³-hybridized carbons (Fsp3) is 0.562. The summed E-state index contributed by atoms with van der Waals surface area (Å²) in [7, 11) is 0. The highest BCUT2D eigenvalue weighted by molar-refractivity contribution is 9.10. The number of hydrogen-bond donors (Lipinski definition) is 0. The van der Waals surface area contributed by atoms with Crippen molar-refractivity contribution >= 4 is 15.9 Å². The molecule has 1 aromatic rings. The molecule has 0 aliphatic heterocycles. The van der Waals surface area contributed by atoms with Crippen LogP contribution in [0, 0.1) is 16.7 Å². The zero-order valence-corrected chi connectivity index (χ0v) is 12.8. The molecule has 2 nitrogen and oxygen atoms in total. The number of benzene rings is 1. The minimum Gasteiger partial charge on any atom is -0.494 e. The molecule has 1 aliphatic carbocycles. The van der Waals surface area contributed by atoms with Crippen molar-refractivity contribution in [1.82, 2.24) is 0 Å². The van der Waals surface area contributed by atoms with E-state index in [1.54, 1.807) is 0 Å². The Hall–Kier alpha value is -1.01. The number of halogens is 1. The van der Waals surface area contributed by atoms with Gasteiger partial charge in [0.05, 0.1) is 18.1 Å². The summed E-state index contributed by atoms with van der Waals surface area (Å²) in [4.78, 5) is 0. The van der Waals surface area contributed by atoms with Crippen molar-refractivity contribution in [2.24, 2.45) is 5.41 Å². The van der Waals surface area contributed by atoms with E-state index in [4.69, 9.17) is 4.74 Å². The molecule has 0 radical (unpaired) electrons. The summed E-state index contributed by atoms with van der Waals surface area (Å²) in [6.45, 7) is 0.634. The Morgan fingerprint density at radius 3 is 2.32 bits per heavy atom. The van der Waals surface area contributed by atoms with E-state index in [1.807, 2.05) is 24.3 Å². The van der Waals surface area contributed by atoms with Gasteiger partial charge in [-0.3, -0.25) is 0 Å². The molecular weight excluding hydrogens is 302 g/mol. The van der Waals surface area contributed by atoms with Crippen molar-refractivity contribution in [3.63, 3.8) is 0 Å². The zero-order valence-electron chi connectivity index (χ0n) is 11.2. The molecule has 102 valence electrons. The van der Waals surface area contributed by atoms with Gasteiger partial charge in [0.15, 0.2) is 0 Å². The fourth-order valence-corrected chi connectivity index (χ4v) is 2.98. The molecule has 0 saturated heterocycles. The Balaban J connectivity index is 1.86. The van der Waals surface area contributed by atoms with Gasteiger partial charge in [-0.1, -0.05) is 41.6 Å². The van der Waals surface area contributed by atoms with Crippen LogP contribution in [0.1, 0.15) is 44.9 Å². The third-order valence-corrected chi connectivity index (χ3v) is 4.49. The second kappa shape index (κ2) is 6.96. The summed E-state index contributed by atoms with van der Waals surface area (Å²) in [5, 5.41) is 9.49. The third-order valence-electron chi connectivity index (χ3n) is 3.96. The molecule has 1 aromatic carbocycles. The predicted molar refractivity (Wildman–Crippen MR) is 80.0 cm³/mol. The van der Waals surface area contributed by atoms with E-state index in [-0.39, 0.29) is 5.41 Å². The maximum Gasteiger partial charge on any atom is 0.119 e. The van der Waals surface area contributed by atoms with E-state index in [0.29, 0.717) is 6.61 Å². The van der Waals surface area contributed by atoms with Gasteiger partial charge in [0, 0.05) is 10.9 Å². The Labute approximate surface area is 123 Å². The summed E-state index contributed by atoms with van der Waals surface area (Å²) in [5.74, 6) is 0.880. The molecule has 0 unspecified atom stereocenters. The highest BCUT2D eigenvalue weighted by atomic mass is 79.9. The molecule has 19 heavy (non-hydrogen) atoms. The lowest BCUT2D eigenvalue weighted by atomic mass is 9.79. The Kier molecular flexibility index (Phi) is 5.27. The second-order valence-corrected chi connectivity index (χ2v) is 6.27. The van der Waals surface area contributed by atoms with Gasteiger partial charge in [-0.2, -0.15) is 5.26 Å². The number of rotatable bonds is 4. The molecule has 0 amide bonds. The van der Waals surface area contributed by atoms with E-state index in [2.05, 4.69) is 22.0 Å². The van der Waals surface area contributed by atoms with Gasteiger partial charge in [0.25, 0.3) is 0 Å². The molecule has 0 spiro atoms. The van der Waals surface area contributed by atoms with Gasteiger partial charge in [0.2, 0.25) is 0 Å². The largest absolute Gasteiger partial charge is 0.494 e. The number of nitrogens with zero attached hydrogens (tertiary/aromatic N) is 1. The van der Waals surface area contributed by atoms with Crippen LogP contribution in [-0.4, -0.2) is 6.61 Å². The lowest BCUT2D eigenvalue weighted by molar-refractivity contribution is 0.223. The Morgan fingerprint density at radius 1 is 1.11 bits per heavy atom. The van der Waals surface area contributed by atoms with Crippen LogP contribution in [-0.2, 0) is 0 Å². The first-order chi connectivity index (χ1) is 9.24. The van der Waals surface area contributed by atoms with Crippen molar-refractivity contribution in [1.29, 1.82) is 5.26 Å². The molecule has 0 atom stereocenters. The monoisotopic (exact) mass is 321 g/mol. The average molecular weight is 322 g/mol. The molecule has 0 heterocycles. The first kappa shape index (κ1) is 14.4. The molecule has 0 bridgehead atoms. The lowest BCUT2D eigenvalue weighted by Gasteiger charge is -2.24. The van der Waals surface area contributed by atoms with Crippen LogP contribution in [0.15, 0.2) is 28.7 Å². The van der Waals surface area contributed by atoms with E-state index in [1.165, 1.54) is 25.7 Å². The molecule has 0 N–H and O–H groups in total.